The highest BCUT2D eigenvalue weighted by Crippen LogP contribution is 2.26. The minimum absolute atomic E-state index is 0.0159. The highest BCUT2D eigenvalue weighted by Gasteiger charge is 2.21. The summed E-state index contributed by atoms with van der Waals surface area (Å²) in [6.45, 7) is 5.39. The lowest BCUT2D eigenvalue weighted by Gasteiger charge is -2.20. The van der Waals surface area contributed by atoms with E-state index in [1.807, 2.05) is 13.0 Å². The van der Waals surface area contributed by atoms with Gasteiger partial charge >= 0.3 is 0 Å². The molecule has 0 fully saturated rings. The van der Waals surface area contributed by atoms with Crippen molar-refractivity contribution in [2.45, 2.75) is 63.4 Å². The summed E-state index contributed by atoms with van der Waals surface area (Å²) in [5.74, 6) is -0.401. The molecule has 0 saturated carbocycles. The topological polar surface area (TPSA) is 75.3 Å². The second-order valence-corrected chi connectivity index (χ2v) is 9.97. The fourth-order valence-electron chi connectivity index (χ4n) is 3.60. The van der Waals surface area contributed by atoms with Gasteiger partial charge in [0, 0.05) is 6.04 Å². The Morgan fingerprint density at radius 2 is 1.69 bits per heavy atom. The summed E-state index contributed by atoms with van der Waals surface area (Å²) in [6, 6.07) is 10.0. The van der Waals surface area contributed by atoms with E-state index in [1.54, 1.807) is 13.8 Å². The molecule has 0 spiro atoms. The third-order valence-corrected chi connectivity index (χ3v) is 7.09. The molecule has 2 N–H and O–H groups in total. The zero-order chi connectivity index (χ0) is 21.2. The van der Waals surface area contributed by atoms with Gasteiger partial charge in [-0.05, 0) is 81.3 Å². The smallest absolute Gasteiger partial charge is 0.253 e. The maximum Gasteiger partial charge on any atom is 0.253 e. The summed E-state index contributed by atoms with van der Waals surface area (Å²) in [7, 11) is -3.71. The van der Waals surface area contributed by atoms with Crippen molar-refractivity contribution in [3.63, 3.8) is 0 Å². The molecule has 0 heterocycles. The van der Waals surface area contributed by atoms with Gasteiger partial charge in [0.05, 0.1) is 21.5 Å². The molecule has 1 unspecified atom stereocenters. The molecular formula is C22H27ClN2O3S. The van der Waals surface area contributed by atoms with E-state index in [4.69, 9.17) is 11.6 Å². The first-order valence-corrected chi connectivity index (χ1v) is 11.8. The number of carbonyl (C=O) groups excluding carboxylic acids is 1. The molecule has 3 rings (SSSR count). The quantitative estimate of drug-likeness (QED) is 0.707. The van der Waals surface area contributed by atoms with Crippen LogP contribution in [0.5, 0.6) is 0 Å². The molecule has 5 nitrogen and oxygen atoms in total. The molecule has 0 radical (unpaired) electrons. The number of hydrogen-bond acceptors (Lipinski definition) is 3. The lowest BCUT2D eigenvalue weighted by atomic mass is 9.89. The van der Waals surface area contributed by atoms with Gasteiger partial charge in [-0.25, -0.2) is 13.1 Å². The molecular weight excluding hydrogens is 408 g/mol. The van der Waals surface area contributed by atoms with Crippen molar-refractivity contribution >= 4 is 27.5 Å². The summed E-state index contributed by atoms with van der Waals surface area (Å²) in [6.07, 6.45) is 4.59. The number of fused-ring (bicyclic) bond motifs is 1. The van der Waals surface area contributed by atoms with Crippen molar-refractivity contribution in [3.05, 3.63) is 63.7 Å². The van der Waals surface area contributed by atoms with Gasteiger partial charge in [-0.1, -0.05) is 29.8 Å². The zero-order valence-corrected chi connectivity index (χ0v) is 18.5. The van der Waals surface area contributed by atoms with Gasteiger partial charge in [-0.3, -0.25) is 4.79 Å². The van der Waals surface area contributed by atoms with Gasteiger partial charge in [0.2, 0.25) is 10.0 Å². The maximum atomic E-state index is 12.8. The number of rotatable bonds is 6. The first-order chi connectivity index (χ1) is 13.7. The van der Waals surface area contributed by atoms with E-state index >= 15 is 0 Å². The number of carbonyl (C=O) groups is 1. The number of nitrogens with one attached hydrogen (secondary N) is 2. The Morgan fingerprint density at radius 3 is 2.38 bits per heavy atom. The Morgan fingerprint density at radius 1 is 1.00 bits per heavy atom. The molecule has 0 saturated heterocycles. The Bertz CT molecular complexity index is 1020. The Kier molecular flexibility index (Phi) is 6.66. The van der Waals surface area contributed by atoms with Crippen LogP contribution in [0.1, 0.15) is 66.7 Å². The van der Waals surface area contributed by atoms with Crippen LogP contribution in [0.25, 0.3) is 0 Å². The van der Waals surface area contributed by atoms with E-state index in [1.165, 1.54) is 42.2 Å². The number of aryl methyl sites for hydroxylation is 2. The molecule has 1 atom stereocenters. The van der Waals surface area contributed by atoms with Gasteiger partial charge < -0.3 is 5.32 Å². The van der Waals surface area contributed by atoms with Gasteiger partial charge in [0.15, 0.2) is 0 Å². The lowest BCUT2D eigenvalue weighted by molar-refractivity contribution is 0.0940. The van der Waals surface area contributed by atoms with Crippen LogP contribution in [0.3, 0.4) is 0 Å². The number of hydrogen-bond donors (Lipinski definition) is 2. The molecule has 0 bridgehead atoms. The third kappa shape index (κ3) is 5.18. The summed E-state index contributed by atoms with van der Waals surface area (Å²) in [5.41, 5.74) is 3.90. The Balaban J connectivity index is 1.80. The summed E-state index contributed by atoms with van der Waals surface area (Å²) in [5, 5.41) is 3.15. The van der Waals surface area contributed by atoms with E-state index in [2.05, 4.69) is 22.2 Å². The van der Waals surface area contributed by atoms with Crippen LogP contribution in [0.15, 0.2) is 41.3 Å². The predicted molar refractivity (Wildman–Crippen MR) is 116 cm³/mol. The second-order valence-electron chi connectivity index (χ2n) is 7.85. The summed E-state index contributed by atoms with van der Waals surface area (Å²) >= 11 is 6.20. The van der Waals surface area contributed by atoms with Crippen molar-refractivity contribution in [2.75, 3.05) is 0 Å². The van der Waals surface area contributed by atoms with Crippen molar-refractivity contribution in [1.29, 1.82) is 0 Å². The van der Waals surface area contributed by atoms with E-state index < -0.39 is 15.9 Å². The number of halogens is 1. The minimum Gasteiger partial charge on any atom is -0.345 e. The largest absolute Gasteiger partial charge is 0.345 e. The molecule has 7 heteroatoms. The molecule has 1 amide bonds. The highest BCUT2D eigenvalue weighted by atomic mass is 35.5. The van der Waals surface area contributed by atoms with Crippen molar-refractivity contribution in [3.8, 4) is 0 Å². The Labute approximate surface area is 177 Å². The van der Waals surface area contributed by atoms with Gasteiger partial charge in [0.25, 0.3) is 5.91 Å². The predicted octanol–water partition coefficient (Wildman–Crippen LogP) is 4.40. The molecule has 2 aromatic rings. The first-order valence-electron chi connectivity index (χ1n) is 9.92. The molecule has 29 heavy (non-hydrogen) atoms. The lowest BCUT2D eigenvalue weighted by Crippen LogP contribution is -2.31. The molecule has 156 valence electrons. The van der Waals surface area contributed by atoms with Crippen LogP contribution in [-0.4, -0.2) is 20.4 Å². The van der Waals surface area contributed by atoms with E-state index in [0.717, 1.165) is 18.4 Å². The van der Waals surface area contributed by atoms with E-state index in [9.17, 15) is 13.2 Å². The molecule has 0 aliphatic heterocycles. The molecule has 0 aromatic heterocycles. The molecule has 1 aliphatic carbocycles. The fraction of sp³-hybridized carbons (Fsp3) is 0.409. The Hall–Kier alpha value is -1.89. The zero-order valence-electron chi connectivity index (χ0n) is 17.0. The van der Waals surface area contributed by atoms with Gasteiger partial charge in [-0.2, -0.15) is 0 Å². The van der Waals surface area contributed by atoms with Crippen LogP contribution >= 0.6 is 11.6 Å². The van der Waals surface area contributed by atoms with E-state index in [-0.39, 0.29) is 27.6 Å². The van der Waals surface area contributed by atoms with E-state index in [0.29, 0.717) is 0 Å². The SMILES string of the molecule is CC(C)NS(=O)(=O)c1ccc(Cl)c(C(=O)NC(C)c2ccc3c(c2)CCCC3)c1. The highest BCUT2D eigenvalue weighted by molar-refractivity contribution is 7.89. The monoisotopic (exact) mass is 434 g/mol. The normalized spacial score (nSPS) is 15.1. The second kappa shape index (κ2) is 8.86. The average Bonchev–Trinajstić information content (AvgIpc) is 2.66. The number of amides is 1. The van der Waals surface area contributed by atoms with Crippen LogP contribution < -0.4 is 10.0 Å². The van der Waals surface area contributed by atoms with Crippen LogP contribution in [-0.2, 0) is 22.9 Å². The van der Waals surface area contributed by atoms with Crippen molar-refractivity contribution in [2.24, 2.45) is 0 Å². The minimum atomic E-state index is -3.71. The number of benzene rings is 2. The van der Waals surface area contributed by atoms with Gasteiger partial charge in [0.1, 0.15) is 0 Å². The van der Waals surface area contributed by atoms with Crippen molar-refractivity contribution in [1.82, 2.24) is 10.0 Å². The molecule has 1 aliphatic rings. The van der Waals surface area contributed by atoms with Crippen LogP contribution in [0.2, 0.25) is 5.02 Å². The average molecular weight is 435 g/mol. The summed E-state index contributed by atoms with van der Waals surface area (Å²) < 4.78 is 27.4. The third-order valence-electron chi connectivity index (χ3n) is 5.10. The van der Waals surface area contributed by atoms with Crippen LogP contribution in [0, 0.1) is 0 Å². The molecule has 2 aromatic carbocycles. The van der Waals surface area contributed by atoms with Crippen molar-refractivity contribution < 1.29 is 13.2 Å². The first kappa shape index (κ1) is 21.8. The number of sulfonamides is 1. The van der Waals surface area contributed by atoms with Crippen LogP contribution in [0.4, 0.5) is 0 Å². The standard InChI is InChI=1S/C22H27ClN2O3S/c1-14(2)25-29(27,28)19-10-11-21(23)20(13-19)22(26)24-15(3)17-9-8-16-6-4-5-7-18(16)12-17/h8-15,25H,4-7H2,1-3H3,(H,24,26). The maximum absolute atomic E-state index is 12.8. The van der Waals surface area contributed by atoms with Gasteiger partial charge in [-0.15, -0.1) is 0 Å². The summed E-state index contributed by atoms with van der Waals surface area (Å²) in [4.78, 5) is 12.8. The fourth-order valence-corrected chi connectivity index (χ4v) is 5.08.